The molecule has 0 radical (unpaired) electrons. The van der Waals surface area contributed by atoms with Crippen LogP contribution in [0.2, 0.25) is 0 Å². The van der Waals surface area contributed by atoms with E-state index in [0.29, 0.717) is 25.9 Å². The lowest BCUT2D eigenvalue weighted by atomic mass is 9.90. The third-order valence-electron chi connectivity index (χ3n) is 5.53. The number of carbonyl (C=O) groups is 2. The van der Waals surface area contributed by atoms with E-state index >= 15 is 0 Å². The van der Waals surface area contributed by atoms with Crippen molar-refractivity contribution >= 4 is 21.7 Å². The third-order valence-corrected chi connectivity index (χ3v) is 7.53. The van der Waals surface area contributed by atoms with Crippen molar-refractivity contribution in [3.05, 3.63) is 0 Å². The summed E-state index contributed by atoms with van der Waals surface area (Å²) >= 11 is 0. The summed E-state index contributed by atoms with van der Waals surface area (Å²) in [6, 6.07) is 0. The maximum Gasteiger partial charge on any atom is 0.309 e. The van der Waals surface area contributed by atoms with Gasteiger partial charge in [0, 0.05) is 19.3 Å². The Labute approximate surface area is 124 Å². The fraction of sp³-hybridized carbons (Fsp3) is 0.857. The summed E-state index contributed by atoms with van der Waals surface area (Å²) < 4.78 is 27.3. The molecule has 3 fully saturated rings. The van der Waals surface area contributed by atoms with Crippen molar-refractivity contribution in [3.8, 4) is 0 Å². The normalized spacial score (nSPS) is 29.0. The smallest absolute Gasteiger partial charge is 0.309 e. The fourth-order valence-electron chi connectivity index (χ4n) is 3.68. The van der Waals surface area contributed by atoms with E-state index in [1.165, 1.54) is 7.11 Å². The van der Waals surface area contributed by atoms with E-state index in [0.717, 1.165) is 25.5 Å². The molecule has 1 saturated heterocycles. The van der Waals surface area contributed by atoms with E-state index in [2.05, 4.69) is 0 Å². The van der Waals surface area contributed by atoms with Crippen LogP contribution in [0.15, 0.2) is 0 Å². The van der Waals surface area contributed by atoms with E-state index in [1.54, 1.807) is 4.90 Å². The Bertz CT molecular complexity index is 584. The molecule has 1 atom stereocenters. The molecule has 1 spiro atoms. The highest BCUT2D eigenvalue weighted by Crippen LogP contribution is 2.60. The minimum atomic E-state index is -3.35. The molecular weight excluding hydrogens is 294 g/mol. The summed E-state index contributed by atoms with van der Waals surface area (Å²) in [5.41, 5.74) is -0.00826. The highest BCUT2D eigenvalue weighted by molar-refractivity contribution is 7.93. The number of nitrogens with zero attached hydrogens (tertiary/aromatic N) is 1. The van der Waals surface area contributed by atoms with Crippen LogP contribution in [0.25, 0.3) is 0 Å². The number of piperidine rings is 1. The zero-order valence-electron chi connectivity index (χ0n) is 12.4. The van der Waals surface area contributed by atoms with Gasteiger partial charge in [-0.05, 0) is 37.5 Å². The number of carbonyl (C=O) groups excluding carboxylic acids is 2. The first kappa shape index (κ1) is 14.8. The Balaban J connectivity index is 1.63. The van der Waals surface area contributed by atoms with Gasteiger partial charge in [0.15, 0.2) is 14.6 Å². The van der Waals surface area contributed by atoms with E-state index in [4.69, 9.17) is 4.74 Å². The summed E-state index contributed by atoms with van der Waals surface area (Å²) in [6.45, 7) is 1.09. The summed E-state index contributed by atoms with van der Waals surface area (Å²) in [7, 11) is -1.95. The van der Waals surface area contributed by atoms with Crippen LogP contribution in [-0.2, 0) is 24.2 Å². The zero-order chi connectivity index (χ0) is 15.5. The Morgan fingerprint density at radius 2 is 1.71 bits per heavy atom. The van der Waals surface area contributed by atoms with Gasteiger partial charge in [-0.3, -0.25) is 9.59 Å². The summed E-state index contributed by atoms with van der Waals surface area (Å²) in [5.74, 6) is -0.441. The molecule has 1 heterocycles. The van der Waals surface area contributed by atoms with Crippen LogP contribution in [0.5, 0.6) is 0 Å². The topological polar surface area (TPSA) is 80.8 Å². The molecule has 7 heteroatoms. The van der Waals surface area contributed by atoms with E-state index in [9.17, 15) is 18.0 Å². The van der Waals surface area contributed by atoms with E-state index in [1.807, 2.05) is 0 Å². The molecule has 3 rings (SSSR count). The average Bonchev–Trinajstić information content (AvgIpc) is 3.32. The molecule has 2 saturated carbocycles. The van der Waals surface area contributed by atoms with E-state index < -0.39 is 14.6 Å². The Morgan fingerprint density at radius 3 is 2.14 bits per heavy atom. The minimum Gasteiger partial charge on any atom is -0.469 e. The van der Waals surface area contributed by atoms with Gasteiger partial charge in [0.2, 0.25) is 5.91 Å². The SMILES string of the molecule is COC(=O)C1CC12CCN(C(=O)C1(S(C)(=O)=O)CC1)CC2. The Kier molecular flexibility index (Phi) is 3.13. The lowest BCUT2D eigenvalue weighted by Crippen LogP contribution is -2.48. The van der Waals surface area contributed by atoms with Crippen molar-refractivity contribution in [2.24, 2.45) is 11.3 Å². The van der Waals surface area contributed by atoms with Gasteiger partial charge in [-0.1, -0.05) is 0 Å². The summed E-state index contributed by atoms with van der Waals surface area (Å²) in [4.78, 5) is 25.7. The van der Waals surface area contributed by atoms with Crippen molar-refractivity contribution in [2.75, 3.05) is 26.5 Å². The Morgan fingerprint density at radius 1 is 1.14 bits per heavy atom. The number of ether oxygens (including phenoxy) is 1. The number of hydrogen-bond acceptors (Lipinski definition) is 5. The van der Waals surface area contributed by atoms with Crippen LogP contribution in [0.3, 0.4) is 0 Å². The molecule has 2 aliphatic carbocycles. The molecule has 1 unspecified atom stereocenters. The second-order valence-corrected chi connectivity index (χ2v) is 9.03. The van der Waals surface area contributed by atoms with Crippen LogP contribution in [-0.4, -0.2) is 56.4 Å². The van der Waals surface area contributed by atoms with Gasteiger partial charge in [0.05, 0.1) is 13.0 Å². The molecule has 0 bridgehead atoms. The molecule has 6 nitrogen and oxygen atoms in total. The molecule has 1 amide bonds. The average molecular weight is 315 g/mol. The van der Waals surface area contributed by atoms with Crippen molar-refractivity contribution in [2.45, 2.75) is 36.9 Å². The second-order valence-electron chi connectivity index (χ2n) is 6.70. The van der Waals surface area contributed by atoms with Gasteiger partial charge in [0.1, 0.15) is 0 Å². The van der Waals surface area contributed by atoms with Gasteiger partial charge in [-0.25, -0.2) is 8.42 Å². The van der Waals surface area contributed by atoms with Crippen LogP contribution < -0.4 is 0 Å². The van der Waals surface area contributed by atoms with Gasteiger partial charge in [-0.15, -0.1) is 0 Å². The number of sulfone groups is 1. The van der Waals surface area contributed by atoms with Gasteiger partial charge in [0.25, 0.3) is 0 Å². The van der Waals surface area contributed by atoms with Gasteiger partial charge >= 0.3 is 5.97 Å². The molecule has 0 N–H and O–H groups in total. The maximum absolute atomic E-state index is 12.5. The summed E-state index contributed by atoms with van der Waals surface area (Å²) in [5, 5.41) is 0. The highest BCUT2D eigenvalue weighted by atomic mass is 32.2. The van der Waals surface area contributed by atoms with Gasteiger partial charge < -0.3 is 9.64 Å². The summed E-state index contributed by atoms with van der Waals surface area (Å²) in [6.07, 6.45) is 4.39. The number of hydrogen-bond donors (Lipinski definition) is 0. The molecule has 3 aliphatic rings. The quantitative estimate of drug-likeness (QED) is 0.703. The van der Waals surface area contributed by atoms with Gasteiger partial charge in [-0.2, -0.15) is 0 Å². The fourth-order valence-corrected chi connectivity index (χ4v) is 4.97. The van der Waals surface area contributed by atoms with Crippen molar-refractivity contribution in [3.63, 3.8) is 0 Å². The van der Waals surface area contributed by atoms with Crippen molar-refractivity contribution in [1.29, 1.82) is 0 Å². The first-order valence-electron chi connectivity index (χ1n) is 7.33. The van der Waals surface area contributed by atoms with E-state index in [-0.39, 0.29) is 23.2 Å². The predicted octanol–water partition coefficient (Wildman–Crippen LogP) is 0.365. The lowest BCUT2D eigenvalue weighted by Gasteiger charge is -2.34. The number of esters is 1. The first-order chi connectivity index (χ1) is 9.76. The molecule has 118 valence electrons. The molecule has 21 heavy (non-hydrogen) atoms. The van der Waals surface area contributed by atoms with Crippen LogP contribution >= 0.6 is 0 Å². The maximum atomic E-state index is 12.5. The molecule has 0 aromatic rings. The predicted molar refractivity (Wildman–Crippen MR) is 75.2 cm³/mol. The number of likely N-dealkylation sites (tertiary alicyclic amines) is 1. The standard InChI is InChI=1S/C14H21NO5S/c1-20-11(16)10-9-13(10)5-7-15(8-6-13)12(17)14(3-4-14)21(2,18)19/h10H,3-9H2,1-2H3. The lowest BCUT2D eigenvalue weighted by molar-refractivity contribution is -0.143. The number of rotatable bonds is 3. The molecule has 0 aromatic carbocycles. The largest absolute Gasteiger partial charge is 0.469 e. The first-order valence-corrected chi connectivity index (χ1v) is 9.22. The molecular formula is C14H21NO5S. The molecule has 0 aromatic heterocycles. The minimum absolute atomic E-state index is 0.00826. The van der Waals surface area contributed by atoms with Crippen LogP contribution in [0, 0.1) is 11.3 Å². The second kappa shape index (κ2) is 4.44. The monoisotopic (exact) mass is 315 g/mol. The molecule has 1 aliphatic heterocycles. The number of methoxy groups -OCH3 is 1. The highest BCUT2D eigenvalue weighted by Gasteiger charge is 2.63. The third kappa shape index (κ3) is 2.17. The van der Waals surface area contributed by atoms with Crippen LogP contribution in [0.1, 0.15) is 32.1 Å². The van der Waals surface area contributed by atoms with Crippen molar-refractivity contribution in [1.82, 2.24) is 4.90 Å². The zero-order valence-corrected chi connectivity index (χ0v) is 13.2. The van der Waals surface area contributed by atoms with Crippen LogP contribution in [0.4, 0.5) is 0 Å². The number of amides is 1. The van der Waals surface area contributed by atoms with Crippen molar-refractivity contribution < 1.29 is 22.7 Å². The Hall–Kier alpha value is -1.11.